The average Bonchev–Trinajstić information content (AvgIpc) is 3.31. The second kappa shape index (κ2) is 9.85. The quantitative estimate of drug-likeness (QED) is 0.193. The minimum atomic E-state index is 0.00886. The molecular weight excluding hydrogens is 515 g/mol. The van der Waals surface area contributed by atoms with Crippen molar-refractivity contribution in [2.45, 2.75) is 72.0 Å². The van der Waals surface area contributed by atoms with E-state index in [0.717, 1.165) is 0 Å². The van der Waals surface area contributed by atoms with E-state index in [2.05, 4.69) is 159 Å². The number of rotatable bonds is 4. The van der Waals surface area contributed by atoms with Crippen LogP contribution in [-0.2, 0) is 10.8 Å². The summed E-state index contributed by atoms with van der Waals surface area (Å²) in [6, 6.07) is 39.0. The Hall–Kier alpha value is -3.84. The van der Waals surface area contributed by atoms with Crippen molar-refractivity contribution in [3.05, 3.63) is 142 Å². The Kier molecular flexibility index (Phi) is 6.40. The van der Waals surface area contributed by atoms with Gasteiger partial charge in [0.05, 0.1) is 0 Å². The maximum Gasteiger partial charge on any atom is 0.218 e. The van der Waals surface area contributed by atoms with Gasteiger partial charge in [-0.15, -0.1) is 0 Å². The minimum Gasteiger partial charge on any atom is -0.0678 e. The van der Waals surface area contributed by atoms with Crippen LogP contribution >= 0.6 is 0 Å². The van der Waals surface area contributed by atoms with Gasteiger partial charge in [0.25, 0.3) is 0 Å². The van der Waals surface area contributed by atoms with Gasteiger partial charge in [-0.05, 0) is 88.1 Å². The van der Waals surface area contributed by atoms with Crippen LogP contribution in [0.15, 0.2) is 109 Å². The molecule has 43 heavy (non-hydrogen) atoms. The topological polar surface area (TPSA) is 0 Å². The molecule has 0 heterocycles. The standard InChI is InChI=1S/C42H43B/c1-26-16-14-17-27(2)38(26)43(39-28(3)41(5,6)36-23-13-12-21-33(36)39)40-29(4)42(7,8)37-25-34-31(24-35(37)40)20-15-22-32(34)30-18-10-9-11-19-30/h9-25,29,40H,1-8H3. The molecular formula is C42H43B. The summed E-state index contributed by atoms with van der Waals surface area (Å²) in [4.78, 5) is 0. The number of allylic oxidation sites excluding steroid dienone is 1. The molecule has 0 saturated carbocycles. The van der Waals surface area contributed by atoms with Crippen molar-refractivity contribution in [3.63, 3.8) is 0 Å². The van der Waals surface area contributed by atoms with Crippen LogP contribution in [0.5, 0.6) is 0 Å². The molecule has 0 radical (unpaired) electrons. The van der Waals surface area contributed by atoms with E-state index in [1.165, 1.54) is 66.3 Å². The Morgan fingerprint density at radius 3 is 1.98 bits per heavy atom. The van der Waals surface area contributed by atoms with E-state index in [0.29, 0.717) is 11.7 Å². The van der Waals surface area contributed by atoms with Gasteiger partial charge in [0, 0.05) is 5.41 Å². The van der Waals surface area contributed by atoms with Crippen molar-refractivity contribution in [2.24, 2.45) is 5.92 Å². The van der Waals surface area contributed by atoms with E-state index < -0.39 is 0 Å². The van der Waals surface area contributed by atoms with Crippen molar-refractivity contribution in [3.8, 4) is 11.1 Å². The lowest BCUT2D eigenvalue weighted by atomic mass is 9.28. The van der Waals surface area contributed by atoms with Crippen molar-refractivity contribution < 1.29 is 0 Å². The SMILES string of the molecule is CC1=C(B(c2c(C)cccc2C)C2c3cc4cccc(-c5ccccc5)c4cc3C(C)(C)C2C)c2ccccc2C1(C)C. The predicted octanol–water partition coefficient (Wildman–Crippen LogP) is 10.4. The van der Waals surface area contributed by atoms with Crippen LogP contribution in [-0.4, -0.2) is 6.71 Å². The lowest BCUT2D eigenvalue weighted by Gasteiger charge is -2.34. The molecule has 0 nitrogen and oxygen atoms in total. The molecule has 214 valence electrons. The first kappa shape index (κ1) is 28.0. The fourth-order valence-corrected chi connectivity index (χ4v) is 8.70. The highest BCUT2D eigenvalue weighted by Gasteiger charge is 2.52. The van der Waals surface area contributed by atoms with Crippen molar-refractivity contribution in [2.75, 3.05) is 0 Å². The van der Waals surface area contributed by atoms with Crippen LogP contribution in [0.25, 0.3) is 27.4 Å². The van der Waals surface area contributed by atoms with Gasteiger partial charge < -0.3 is 0 Å². The molecule has 0 saturated heterocycles. The summed E-state index contributed by atoms with van der Waals surface area (Å²) in [5.41, 5.74) is 16.0. The summed E-state index contributed by atoms with van der Waals surface area (Å²) in [6.07, 6.45) is 0. The third-order valence-corrected chi connectivity index (χ3v) is 11.6. The lowest BCUT2D eigenvalue weighted by Crippen LogP contribution is -2.44. The van der Waals surface area contributed by atoms with Crippen LogP contribution in [0.1, 0.15) is 80.7 Å². The summed E-state index contributed by atoms with van der Waals surface area (Å²) in [6.45, 7) is 19.7. The van der Waals surface area contributed by atoms with Gasteiger partial charge in [-0.3, -0.25) is 0 Å². The monoisotopic (exact) mass is 558 g/mol. The van der Waals surface area contributed by atoms with E-state index in [9.17, 15) is 0 Å². The van der Waals surface area contributed by atoms with Gasteiger partial charge in [0.1, 0.15) is 0 Å². The Morgan fingerprint density at radius 1 is 0.628 bits per heavy atom. The van der Waals surface area contributed by atoms with E-state index in [1.807, 2.05) is 0 Å². The zero-order chi connectivity index (χ0) is 30.3. The zero-order valence-electron chi connectivity index (χ0n) is 27.0. The summed E-state index contributed by atoms with van der Waals surface area (Å²) in [5.74, 6) is 0.821. The first-order valence-electron chi connectivity index (χ1n) is 16.0. The van der Waals surface area contributed by atoms with Crippen LogP contribution in [0, 0.1) is 19.8 Å². The zero-order valence-corrected chi connectivity index (χ0v) is 27.0. The third-order valence-electron chi connectivity index (χ3n) is 11.6. The van der Waals surface area contributed by atoms with Gasteiger partial charge in [-0.2, -0.15) is 0 Å². The Balaban J connectivity index is 1.53. The van der Waals surface area contributed by atoms with Crippen LogP contribution in [0.4, 0.5) is 0 Å². The molecule has 0 aromatic heterocycles. The highest BCUT2D eigenvalue weighted by molar-refractivity contribution is 6.92. The molecule has 0 amide bonds. The van der Waals surface area contributed by atoms with Crippen LogP contribution in [0.2, 0.25) is 0 Å². The molecule has 2 unspecified atom stereocenters. The van der Waals surface area contributed by atoms with Gasteiger partial charge in [0.2, 0.25) is 6.71 Å². The van der Waals surface area contributed by atoms with Crippen LogP contribution in [0.3, 0.4) is 0 Å². The van der Waals surface area contributed by atoms with Crippen LogP contribution < -0.4 is 5.46 Å². The average molecular weight is 559 g/mol. The predicted molar refractivity (Wildman–Crippen MR) is 188 cm³/mol. The largest absolute Gasteiger partial charge is 0.218 e. The number of aryl methyl sites for hydroxylation is 2. The summed E-state index contributed by atoms with van der Waals surface area (Å²) in [7, 11) is 0. The first-order chi connectivity index (χ1) is 20.5. The molecule has 2 atom stereocenters. The second-order valence-electron chi connectivity index (χ2n) is 14.4. The Bertz CT molecular complexity index is 1900. The number of hydrogen-bond donors (Lipinski definition) is 0. The highest BCUT2D eigenvalue weighted by Crippen LogP contribution is 2.56. The second-order valence-corrected chi connectivity index (χ2v) is 14.4. The van der Waals surface area contributed by atoms with Crippen molar-refractivity contribution >= 4 is 28.4 Å². The fraction of sp³-hybridized carbons (Fsp3) is 0.286. The van der Waals surface area contributed by atoms with Crippen molar-refractivity contribution in [1.82, 2.24) is 0 Å². The molecule has 2 aliphatic rings. The van der Waals surface area contributed by atoms with Gasteiger partial charge in [-0.1, -0.05) is 159 Å². The summed E-state index contributed by atoms with van der Waals surface area (Å²) < 4.78 is 0. The smallest absolute Gasteiger partial charge is 0.0678 e. The number of hydrogen-bond acceptors (Lipinski definition) is 0. The van der Waals surface area contributed by atoms with Gasteiger partial charge in [-0.25, -0.2) is 0 Å². The fourth-order valence-electron chi connectivity index (χ4n) is 8.70. The van der Waals surface area contributed by atoms with Gasteiger partial charge in [0.15, 0.2) is 0 Å². The normalized spacial score (nSPS) is 19.9. The molecule has 5 aromatic carbocycles. The first-order valence-corrected chi connectivity index (χ1v) is 16.0. The summed E-state index contributed by atoms with van der Waals surface area (Å²) >= 11 is 0. The molecule has 5 aromatic rings. The van der Waals surface area contributed by atoms with E-state index in [4.69, 9.17) is 0 Å². The number of benzene rings is 5. The van der Waals surface area contributed by atoms with Gasteiger partial charge >= 0.3 is 0 Å². The molecule has 0 fully saturated rings. The van der Waals surface area contributed by atoms with E-state index >= 15 is 0 Å². The molecule has 0 spiro atoms. The van der Waals surface area contributed by atoms with Crippen molar-refractivity contribution in [1.29, 1.82) is 0 Å². The minimum absolute atomic E-state index is 0.00886. The molecule has 1 heteroatoms. The Morgan fingerprint density at radius 2 is 1.26 bits per heavy atom. The maximum absolute atomic E-state index is 2.57. The summed E-state index contributed by atoms with van der Waals surface area (Å²) in [5, 5.41) is 2.70. The lowest BCUT2D eigenvalue weighted by molar-refractivity contribution is 0.369. The Labute approximate surface area is 259 Å². The maximum atomic E-state index is 2.57. The molecule has 2 aliphatic carbocycles. The molecule has 0 aliphatic heterocycles. The number of fused-ring (bicyclic) bond motifs is 3. The third kappa shape index (κ3) is 4.04. The molecule has 0 N–H and O–H groups in total. The van der Waals surface area contributed by atoms with E-state index in [1.54, 1.807) is 5.47 Å². The molecule has 7 rings (SSSR count). The highest BCUT2D eigenvalue weighted by atomic mass is 14.5. The molecule has 0 bridgehead atoms. The van der Waals surface area contributed by atoms with E-state index in [-0.39, 0.29) is 17.5 Å².